The topological polar surface area (TPSA) is 114 Å². The van der Waals surface area contributed by atoms with E-state index in [0.717, 1.165) is 5.56 Å². The summed E-state index contributed by atoms with van der Waals surface area (Å²) in [7, 11) is 0. The van der Waals surface area contributed by atoms with Gasteiger partial charge >= 0.3 is 5.97 Å². The molecule has 1 aliphatic rings. The molecule has 0 radical (unpaired) electrons. The lowest BCUT2D eigenvalue weighted by atomic mass is 9.96. The zero-order chi connectivity index (χ0) is 17.9. The lowest BCUT2D eigenvalue weighted by molar-refractivity contribution is -0.145. The minimum atomic E-state index is -0.863. The Morgan fingerprint density at radius 3 is 2.75 bits per heavy atom. The number of aliphatic carboxylic acids is 1. The van der Waals surface area contributed by atoms with E-state index in [9.17, 15) is 14.4 Å². The highest BCUT2D eigenvalue weighted by Crippen LogP contribution is 2.19. The number of carboxylic acid groups (broad SMARTS) is 1. The van der Waals surface area contributed by atoms with Gasteiger partial charge in [0.25, 0.3) is 5.56 Å². The molecule has 1 aromatic heterocycles. The first-order chi connectivity index (χ1) is 11.3. The third-order valence-corrected chi connectivity index (χ3v) is 4.63. The maximum absolute atomic E-state index is 12.4. The molecular weight excluding hydrogens is 310 g/mol. The number of hydrogen-bond acceptors (Lipinski definition) is 4. The second-order valence-electron chi connectivity index (χ2n) is 6.19. The number of carbonyl (C=O) groups is 2. The maximum Gasteiger partial charge on any atom is 0.308 e. The number of piperidine rings is 1. The molecule has 1 saturated heterocycles. The number of carbonyl (C=O) groups excluding carboxylic acids is 1. The molecule has 1 fully saturated rings. The van der Waals surface area contributed by atoms with Crippen LogP contribution in [-0.2, 0) is 16.0 Å². The van der Waals surface area contributed by atoms with E-state index in [2.05, 4.69) is 4.98 Å². The van der Waals surface area contributed by atoms with Gasteiger partial charge in [-0.3, -0.25) is 14.4 Å². The van der Waals surface area contributed by atoms with Crippen LogP contribution < -0.4 is 5.56 Å². The Hall–Kier alpha value is -2.62. The van der Waals surface area contributed by atoms with Gasteiger partial charge in [-0.15, -0.1) is 0 Å². The Morgan fingerprint density at radius 1 is 1.42 bits per heavy atom. The van der Waals surface area contributed by atoms with Crippen molar-refractivity contribution in [1.29, 1.82) is 5.26 Å². The number of nitrogens with zero attached hydrogens (tertiary/aromatic N) is 2. The van der Waals surface area contributed by atoms with Gasteiger partial charge in [0, 0.05) is 25.2 Å². The highest BCUT2D eigenvalue weighted by molar-refractivity contribution is 5.78. The van der Waals surface area contributed by atoms with Crippen molar-refractivity contribution in [3.8, 4) is 6.07 Å². The molecule has 2 N–H and O–H groups in total. The summed E-state index contributed by atoms with van der Waals surface area (Å²) in [5, 5.41) is 18.2. The van der Waals surface area contributed by atoms with Gasteiger partial charge in [0.15, 0.2) is 0 Å². The maximum atomic E-state index is 12.4. The van der Waals surface area contributed by atoms with Gasteiger partial charge in [-0.1, -0.05) is 0 Å². The number of hydrogen-bond donors (Lipinski definition) is 2. The number of likely N-dealkylation sites (tertiary alicyclic amines) is 1. The van der Waals surface area contributed by atoms with E-state index >= 15 is 0 Å². The molecule has 0 bridgehead atoms. The Balaban J connectivity index is 2.09. The molecule has 0 spiro atoms. The number of rotatable bonds is 4. The molecule has 7 heteroatoms. The third kappa shape index (κ3) is 3.65. The van der Waals surface area contributed by atoms with Gasteiger partial charge in [0.05, 0.1) is 5.92 Å². The number of nitriles is 1. The van der Waals surface area contributed by atoms with Crippen molar-refractivity contribution in [1.82, 2.24) is 9.88 Å². The molecule has 1 atom stereocenters. The van der Waals surface area contributed by atoms with Gasteiger partial charge in [-0.05, 0) is 44.2 Å². The Labute approximate surface area is 139 Å². The van der Waals surface area contributed by atoms with Gasteiger partial charge in [-0.25, -0.2) is 0 Å². The van der Waals surface area contributed by atoms with Crippen molar-refractivity contribution in [2.75, 3.05) is 13.1 Å². The number of nitrogens with one attached hydrogen (secondary N) is 1. The largest absolute Gasteiger partial charge is 0.481 e. The molecule has 128 valence electrons. The second kappa shape index (κ2) is 7.30. The lowest BCUT2D eigenvalue weighted by Gasteiger charge is -2.30. The van der Waals surface area contributed by atoms with Gasteiger partial charge in [-0.2, -0.15) is 5.26 Å². The third-order valence-electron chi connectivity index (χ3n) is 4.63. The smallest absolute Gasteiger partial charge is 0.308 e. The van der Waals surface area contributed by atoms with Crippen LogP contribution >= 0.6 is 0 Å². The van der Waals surface area contributed by atoms with Crippen LogP contribution in [0, 0.1) is 31.1 Å². The van der Waals surface area contributed by atoms with Gasteiger partial charge in [0.1, 0.15) is 11.6 Å². The summed E-state index contributed by atoms with van der Waals surface area (Å²) < 4.78 is 0. The average molecular weight is 331 g/mol. The summed E-state index contributed by atoms with van der Waals surface area (Å²) in [6.45, 7) is 4.29. The molecule has 24 heavy (non-hydrogen) atoms. The fourth-order valence-electron chi connectivity index (χ4n) is 3.22. The van der Waals surface area contributed by atoms with E-state index in [1.165, 1.54) is 0 Å². The number of aromatic amines is 1. The molecule has 2 rings (SSSR count). The number of aryl methyl sites for hydroxylation is 1. The van der Waals surface area contributed by atoms with E-state index in [1.54, 1.807) is 18.7 Å². The zero-order valence-electron chi connectivity index (χ0n) is 13.9. The van der Waals surface area contributed by atoms with Crippen molar-refractivity contribution in [2.24, 2.45) is 5.92 Å². The molecule has 1 aromatic rings. The fourth-order valence-corrected chi connectivity index (χ4v) is 3.22. The number of carboxylic acids is 1. The molecule has 1 aliphatic heterocycles. The molecule has 7 nitrogen and oxygen atoms in total. The van der Waals surface area contributed by atoms with E-state index in [-0.39, 0.29) is 24.4 Å². The van der Waals surface area contributed by atoms with Crippen LogP contribution in [0.4, 0.5) is 0 Å². The molecule has 1 amide bonds. The predicted octanol–water partition coefficient (Wildman–Crippen LogP) is 1.12. The number of pyridine rings is 1. The summed E-state index contributed by atoms with van der Waals surface area (Å²) in [4.78, 5) is 39.4. The summed E-state index contributed by atoms with van der Waals surface area (Å²) >= 11 is 0. The van der Waals surface area contributed by atoms with Crippen LogP contribution in [0.5, 0.6) is 0 Å². The SMILES string of the molecule is Cc1[nH]c(=O)c(C#N)c(C)c1CCC(=O)N1CCCC(C(=O)O)C1. The summed E-state index contributed by atoms with van der Waals surface area (Å²) in [5.41, 5.74) is 1.72. The fraction of sp³-hybridized carbons (Fsp3) is 0.529. The normalized spacial score (nSPS) is 17.4. The zero-order valence-corrected chi connectivity index (χ0v) is 13.9. The first-order valence-electron chi connectivity index (χ1n) is 7.98. The second-order valence-corrected chi connectivity index (χ2v) is 6.19. The van der Waals surface area contributed by atoms with Crippen molar-refractivity contribution in [3.63, 3.8) is 0 Å². The predicted molar refractivity (Wildman–Crippen MR) is 86.5 cm³/mol. The van der Waals surface area contributed by atoms with Crippen LogP contribution in [0.2, 0.25) is 0 Å². The summed E-state index contributed by atoms with van der Waals surface area (Å²) in [6.07, 6.45) is 1.93. The highest BCUT2D eigenvalue weighted by atomic mass is 16.4. The Kier molecular flexibility index (Phi) is 5.39. The average Bonchev–Trinajstić information content (AvgIpc) is 2.54. The van der Waals surface area contributed by atoms with Crippen molar-refractivity contribution < 1.29 is 14.7 Å². The number of aromatic nitrogens is 1. The molecule has 0 aromatic carbocycles. The van der Waals surface area contributed by atoms with Crippen LogP contribution in [0.25, 0.3) is 0 Å². The van der Waals surface area contributed by atoms with Crippen molar-refractivity contribution >= 4 is 11.9 Å². The summed E-state index contributed by atoms with van der Waals surface area (Å²) in [6, 6.07) is 1.90. The standard InChI is InChI=1S/C17H21N3O4/c1-10-13(11(2)19-16(22)14(10)8-18)5-6-15(21)20-7-3-4-12(9-20)17(23)24/h12H,3-7,9H2,1-2H3,(H,19,22)(H,23,24). The van der Waals surface area contributed by atoms with Crippen LogP contribution in [-0.4, -0.2) is 40.0 Å². The van der Waals surface area contributed by atoms with E-state index in [0.29, 0.717) is 37.1 Å². The minimum absolute atomic E-state index is 0.0759. The summed E-state index contributed by atoms with van der Waals surface area (Å²) in [5.74, 6) is -1.45. The lowest BCUT2D eigenvalue weighted by Crippen LogP contribution is -2.42. The van der Waals surface area contributed by atoms with Gasteiger partial charge in [0.2, 0.25) is 5.91 Å². The monoisotopic (exact) mass is 331 g/mol. The van der Waals surface area contributed by atoms with Crippen LogP contribution in [0.1, 0.15) is 41.6 Å². The van der Waals surface area contributed by atoms with E-state index in [1.807, 2.05) is 6.07 Å². The molecule has 1 unspecified atom stereocenters. The first kappa shape index (κ1) is 17.7. The molecule has 0 saturated carbocycles. The highest BCUT2D eigenvalue weighted by Gasteiger charge is 2.28. The minimum Gasteiger partial charge on any atom is -0.481 e. The quantitative estimate of drug-likeness (QED) is 0.858. The van der Waals surface area contributed by atoms with Crippen LogP contribution in [0.15, 0.2) is 4.79 Å². The molecule has 0 aliphatic carbocycles. The Morgan fingerprint density at radius 2 is 2.12 bits per heavy atom. The molecular formula is C17H21N3O4. The van der Waals surface area contributed by atoms with Gasteiger partial charge < -0.3 is 15.0 Å². The number of amides is 1. The van der Waals surface area contributed by atoms with Crippen molar-refractivity contribution in [3.05, 3.63) is 32.7 Å². The van der Waals surface area contributed by atoms with E-state index < -0.39 is 17.4 Å². The Bertz CT molecular complexity index is 760. The number of H-pyrrole nitrogens is 1. The molecule has 2 heterocycles. The van der Waals surface area contributed by atoms with Crippen LogP contribution in [0.3, 0.4) is 0 Å². The first-order valence-corrected chi connectivity index (χ1v) is 7.98. The van der Waals surface area contributed by atoms with Crippen molar-refractivity contribution in [2.45, 2.75) is 39.5 Å². The van der Waals surface area contributed by atoms with E-state index in [4.69, 9.17) is 10.4 Å².